The molecule has 0 unspecified atom stereocenters. The number of benzene rings is 2. The molecule has 0 atom stereocenters. The van der Waals surface area contributed by atoms with Crippen molar-refractivity contribution in [1.29, 1.82) is 0 Å². The largest absolute Gasteiger partial charge is 0.273 e. The molecule has 7 nitrogen and oxygen atoms in total. The molecule has 1 aromatic heterocycles. The first-order valence-electron chi connectivity index (χ1n) is 8.67. The number of halogens is 1. The lowest BCUT2D eigenvalue weighted by molar-refractivity contribution is -0.385. The van der Waals surface area contributed by atoms with Gasteiger partial charge in [-0.15, -0.1) is 0 Å². The van der Waals surface area contributed by atoms with E-state index in [0.29, 0.717) is 11.3 Å². The molecule has 0 amide bonds. The summed E-state index contributed by atoms with van der Waals surface area (Å²) in [6.07, 6.45) is 1.59. The normalized spacial score (nSPS) is 11.6. The first kappa shape index (κ1) is 21.1. The number of nitrogens with zero attached hydrogens (tertiary/aromatic N) is 3. The van der Waals surface area contributed by atoms with Crippen LogP contribution in [0.4, 0.5) is 5.69 Å². The quantitative estimate of drug-likeness (QED) is 0.371. The van der Waals surface area contributed by atoms with Crippen LogP contribution in [-0.4, -0.2) is 22.6 Å². The Bertz CT molecular complexity index is 1120. The Kier molecular flexibility index (Phi) is 6.41. The van der Waals surface area contributed by atoms with Gasteiger partial charge in [0.15, 0.2) is 0 Å². The van der Waals surface area contributed by atoms with Crippen molar-refractivity contribution in [1.82, 2.24) is 9.29 Å². The molecule has 1 heterocycles. The Labute approximate surface area is 177 Å². The number of hydrogen-bond donors (Lipinski definition) is 0. The molecule has 150 valence electrons. The van der Waals surface area contributed by atoms with Crippen LogP contribution in [0.3, 0.4) is 0 Å². The lowest BCUT2D eigenvalue weighted by atomic mass is 10.2. The fourth-order valence-corrected chi connectivity index (χ4v) is 4.47. The highest BCUT2D eigenvalue weighted by Gasteiger charge is 2.27. The monoisotopic (exact) mass is 475 g/mol. The number of nitro benzene ring substituents is 1. The summed E-state index contributed by atoms with van der Waals surface area (Å²) in [6, 6.07) is 16.5. The average Bonchev–Trinajstić information content (AvgIpc) is 2.70. The van der Waals surface area contributed by atoms with Gasteiger partial charge in [0.2, 0.25) is 10.0 Å². The van der Waals surface area contributed by atoms with E-state index in [1.807, 2.05) is 24.3 Å². The smallest absolute Gasteiger partial charge is 0.260 e. The number of aromatic nitrogens is 1. The second kappa shape index (κ2) is 8.81. The SMILES string of the molecule is Cc1ccc(S(=O)(=O)N(Cc2ccc(Br)cc2)Cc2ccccn2)cc1[N+](=O)[O-]. The highest BCUT2D eigenvalue weighted by molar-refractivity contribution is 9.10. The molecule has 0 saturated heterocycles. The Morgan fingerprint density at radius 1 is 1.07 bits per heavy atom. The van der Waals surface area contributed by atoms with Crippen LogP contribution >= 0.6 is 15.9 Å². The van der Waals surface area contributed by atoms with Crippen LogP contribution in [0.15, 0.2) is 76.2 Å². The Balaban J connectivity index is 2.02. The molecule has 29 heavy (non-hydrogen) atoms. The molecular formula is C20H18BrN3O4S. The summed E-state index contributed by atoms with van der Waals surface area (Å²) in [5, 5.41) is 11.3. The third-order valence-electron chi connectivity index (χ3n) is 4.35. The summed E-state index contributed by atoms with van der Waals surface area (Å²) in [4.78, 5) is 14.8. The summed E-state index contributed by atoms with van der Waals surface area (Å²) in [5.74, 6) is 0. The van der Waals surface area contributed by atoms with Gasteiger partial charge < -0.3 is 0 Å². The van der Waals surface area contributed by atoms with Crippen molar-refractivity contribution in [3.8, 4) is 0 Å². The number of rotatable bonds is 7. The highest BCUT2D eigenvalue weighted by Crippen LogP contribution is 2.26. The van der Waals surface area contributed by atoms with Crippen LogP contribution in [0, 0.1) is 17.0 Å². The van der Waals surface area contributed by atoms with E-state index >= 15 is 0 Å². The van der Waals surface area contributed by atoms with Crippen LogP contribution in [-0.2, 0) is 23.1 Å². The van der Waals surface area contributed by atoms with Gasteiger partial charge in [0.05, 0.1) is 22.1 Å². The zero-order chi connectivity index (χ0) is 21.0. The lowest BCUT2D eigenvalue weighted by Gasteiger charge is -2.22. The van der Waals surface area contributed by atoms with Crippen molar-refractivity contribution in [3.63, 3.8) is 0 Å². The van der Waals surface area contributed by atoms with E-state index in [1.165, 1.54) is 16.4 Å². The average molecular weight is 476 g/mol. The van der Waals surface area contributed by atoms with Crippen LogP contribution in [0.1, 0.15) is 16.8 Å². The minimum atomic E-state index is -4.00. The van der Waals surface area contributed by atoms with Gasteiger partial charge in [0.25, 0.3) is 5.69 Å². The molecule has 2 aromatic carbocycles. The van der Waals surface area contributed by atoms with Crippen molar-refractivity contribution in [2.45, 2.75) is 24.9 Å². The van der Waals surface area contributed by atoms with E-state index in [1.54, 1.807) is 31.3 Å². The van der Waals surface area contributed by atoms with Crippen LogP contribution in [0.2, 0.25) is 0 Å². The highest BCUT2D eigenvalue weighted by atomic mass is 79.9. The summed E-state index contributed by atoms with van der Waals surface area (Å²) in [7, 11) is -4.00. The van der Waals surface area contributed by atoms with Crippen molar-refractivity contribution in [2.75, 3.05) is 0 Å². The molecule has 0 spiro atoms. The Morgan fingerprint density at radius 3 is 2.41 bits per heavy atom. The third kappa shape index (κ3) is 5.06. The molecule has 0 N–H and O–H groups in total. The molecule has 0 aliphatic carbocycles. The maximum absolute atomic E-state index is 13.4. The van der Waals surface area contributed by atoms with Gasteiger partial charge in [-0.25, -0.2) is 8.42 Å². The predicted molar refractivity (Wildman–Crippen MR) is 113 cm³/mol. The third-order valence-corrected chi connectivity index (χ3v) is 6.67. The van der Waals surface area contributed by atoms with Gasteiger partial charge in [0.1, 0.15) is 0 Å². The number of aryl methyl sites for hydroxylation is 1. The molecule has 3 aromatic rings. The second-order valence-corrected chi connectivity index (χ2v) is 9.28. The molecular weight excluding hydrogens is 458 g/mol. The van der Waals surface area contributed by atoms with Crippen molar-refractivity contribution in [2.24, 2.45) is 0 Å². The van der Waals surface area contributed by atoms with Crippen molar-refractivity contribution in [3.05, 3.63) is 98.3 Å². The lowest BCUT2D eigenvalue weighted by Crippen LogP contribution is -2.30. The second-order valence-electron chi connectivity index (χ2n) is 6.43. The molecule has 0 bridgehead atoms. The molecule has 0 fully saturated rings. The fourth-order valence-electron chi connectivity index (χ4n) is 2.79. The topological polar surface area (TPSA) is 93.4 Å². The number of nitro groups is 1. The summed E-state index contributed by atoms with van der Waals surface area (Å²) < 4.78 is 28.9. The molecule has 0 saturated carbocycles. The van der Waals surface area contributed by atoms with Gasteiger partial charge in [0, 0.05) is 28.8 Å². The van der Waals surface area contributed by atoms with Crippen molar-refractivity contribution < 1.29 is 13.3 Å². The number of pyridine rings is 1. The summed E-state index contributed by atoms with van der Waals surface area (Å²) >= 11 is 3.36. The van der Waals surface area contributed by atoms with Crippen molar-refractivity contribution >= 4 is 31.6 Å². The maximum atomic E-state index is 13.4. The van der Waals surface area contributed by atoms with E-state index in [9.17, 15) is 18.5 Å². The Hall–Kier alpha value is -2.62. The zero-order valence-corrected chi connectivity index (χ0v) is 17.9. The van der Waals surface area contributed by atoms with E-state index in [0.717, 1.165) is 16.1 Å². The molecule has 0 aliphatic heterocycles. The number of sulfonamides is 1. The van der Waals surface area contributed by atoms with Crippen LogP contribution in [0.5, 0.6) is 0 Å². The van der Waals surface area contributed by atoms with Crippen LogP contribution < -0.4 is 0 Å². The van der Waals surface area contributed by atoms with Gasteiger partial charge in [-0.2, -0.15) is 4.31 Å². The van der Waals surface area contributed by atoms with Gasteiger partial charge >= 0.3 is 0 Å². The molecule has 3 rings (SSSR count). The fraction of sp³-hybridized carbons (Fsp3) is 0.150. The summed E-state index contributed by atoms with van der Waals surface area (Å²) in [6.45, 7) is 1.72. The van der Waals surface area contributed by atoms with E-state index < -0.39 is 14.9 Å². The minimum absolute atomic E-state index is 0.0426. The van der Waals surface area contributed by atoms with E-state index in [4.69, 9.17) is 0 Å². The first-order valence-corrected chi connectivity index (χ1v) is 10.9. The predicted octanol–water partition coefficient (Wildman–Crippen LogP) is 4.45. The molecule has 9 heteroatoms. The molecule has 0 aliphatic rings. The summed E-state index contributed by atoms with van der Waals surface area (Å²) in [5.41, 5.74) is 1.54. The number of hydrogen-bond acceptors (Lipinski definition) is 5. The van der Waals surface area contributed by atoms with Gasteiger partial charge in [-0.1, -0.05) is 40.2 Å². The zero-order valence-electron chi connectivity index (χ0n) is 15.5. The van der Waals surface area contributed by atoms with E-state index in [-0.39, 0.29) is 23.7 Å². The van der Waals surface area contributed by atoms with Gasteiger partial charge in [-0.3, -0.25) is 15.1 Å². The maximum Gasteiger partial charge on any atom is 0.273 e. The molecule has 0 radical (unpaired) electrons. The first-order chi connectivity index (χ1) is 13.8. The standard InChI is InChI=1S/C20H18BrN3O4S/c1-15-5-10-19(12-20(15)24(25)26)29(27,28)23(14-18-4-2-3-11-22-18)13-16-6-8-17(21)9-7-16/h2-12H,13-14H2,1H3. The Morgan fingerprint density at radius 2 is 1.79 bits per heavy atom. The van der Waals surface area contributed by atoms with E-state index in [2.05, 4.69) is 20.9 Å². The van der Waals surface area contributed by atoms with Crippen LogP contribution in [0.25, 0.3) is 0 Å². The van der Waals surface area contributed by atoms with Gasteiger partial charge in [-0.05, 0) is 42.8 Å². The minimum Gasteiger partial charge on any atom is -0.260 e.